The van der Waals surface area contributed by atoms with Gasteiger partial charge in [0, 0.05) is 0 Å². The molecule has 0 spiro atoms. The SMILES string of the molecule is CC(CS)COC1COC1. The molecule has 1 fully saturated rings. The maximum Gasteiger partial charge on any atom is 0.104 e. The molecule has 60 valence electrons. The summed E-state index contributed by atoms with van der Waals surface area (Å²) in [6.07, 6.45) is 0.363. The zero-order chi connectivity index (χ0) is 7.40. The number of hydrogen-bond acceptors (Lipinski definition) is 3. The standard InChI is InChI=1S/C7H14O2S/c1-6(5-10)2-9-7-3-8-4-7/h6-7,10H,2-5H2,1H3. The van der Waals surface area contributed by atoms with Crippen LogP contribution in [0.4, 0.5) is 0 Å². The molecule has 0 aromatic heterocycles. The fraction of sp³-hybridized carbons (Fsp3) is 1.00. The van der Waals surface area contributed by atoms with Crippen molar-refractivity contribution in [1.29, 1.82) is 0 Å². The van der Waals surface area contributed by atoms with Crippen LogP contribution < -0.4 is 0 Å². The van der Waals surface area contributed by atoms with E-state index in [0.717, 1.165) is 25.6 Å². The van der Waals surface area contributed by atoms with Crippen molar-refractivity contribution in [1.82, 2.24) is 0 Å². The third-order valence-electron chi connectivity index (χ3n) is 1.54. The molecule has 1 unspecified atom stereocenters. The Labute approximate surface area is 67.3 Å². The molecule has 1 aliphatic rings. The minimum atomic E-state index is 0.363. The van der Waals surface area contributed by atoms with E-state index in [1.54, 1.807) is 0 Å². The van der Waals surface area contributed by atoms with E-state index in [1.807, 2.05) is 0 Å². The zero-order valence-corrected chi connectivity index (χ0v) is 7.14. The summed E-state index contributed by atoms with van der Waals surface area (Å²) in [5, 5.41) is 0. The van der Waals surface area contributed by atoms with E-state index in [9.17, 15) is 0 Å². The number of ether oxygens (including phenoxy) is 2. The highest BCUT2D eigenvalue weighted by Gasteiger charge is 2.18. The lowest BCUT2D eigenvalue weighted by Gasteiger charge is -2.27. The van der Waals surface area contributed by atoms with Crippen molar-refractivity contribution in [3.63, 3.8) is 0 Å². The Morgan fingerprint density at radius 2 is 2.40 bits per heavy atom. The number of hydrogen-bond donors (Lipinski definition) is 1. The van der Waals surface area contributed by atoms with E-state index in [-0.39, 0.29) is 0 Å². The van der Waals surface area contributed by atoms with Gasteiger partial charge in [0.15, 0.2) is 0 Å². The number of rotatable bonds is 4. The molecule has 2 nitrogen and oxygen atoms in total. The fourth-order valence-corrected chi connectivity index (χ4v) is 0.769. The Bertz CT molecular complexity index is 88.9. The second kappa shape index (κ2) is 4.21. The zero-order valence-electron chi connectivity index (χ0n) is 6.25. The van der Waals surface area contributed by atoms with Crippen LogP contribution in [0.5, 0.6) is 0 Å². The van der Waals surface area contributed by atoms with Gasteiger partial charge < -0.3 is 9.47 Å². The van der Waals surface area contributed by atoms with Crippen LogP contribution in [0.3, 0.4) is 0 Å². The van der Waals surface area contributed by atoms with Gasteiger partial charge in [0.1, 0.15) is 6.10 Å². The number of thiol groups is 1. The Hall–Kier alpha value is 0.270. The summed E-state index contributed by atoms with van der Waals surface area (Å²) in [7, 11) is 0. The molecule has 1 heterocycles. The first-order chi connectivity index (χ1) is 4.83. The Balaban J connectivity index is 1.93. The highest BCUT2D eigenvalue weighted by atomic mass is 32.1. The third-order valence-corrected chi connectivity index (χ3v) is 2.16. The molecule has 0 aromatic rings. The van der Waals surface area contributed by atoms with E-state index in [2.05, 4.69) is 19.6 Å². The molecular formula is C7H14O2S. The summed E-state index contributed by atoms with van der Waals surface area (Å²) in [5.41, 5.74) is 0. The fourth-order valence-electron chi connectivity index (χ4n) is 0.663. The molecule has 3 heteroatoms. The molecule has 10 heavy (non-hydrogen) atoms. The highest BCUT2D eigenvalue weighted by Crippen LogP contribution is 2.07. The van der Waals surface area contributed by atoms with Gasteiger partial charge in [-0.2, -0.15) is 12.6 Å². The maximum absolute atomic E-state index is 5.46. The summed E-state index contributed by atoms with van der Waals surface area (Å²) in [4.78, 5) is 0. The maximum atomic E-state index is 5.46. The van der Waals surface area contributed by atoms with E-state index >= 15 is 0 Å². The van der Waals surface area contributed by atoms with Crippen LogP contribution in [0.2, 0.25) is 0 Å². The van der Waals surface area contributed by atoms with Crippen LogP contribution in [-0.4, -0.2) is 31.7 Å². The van der Waals surface area contributed by atoms with Crippen LogP contribution in [0, 0.1) is 5.92 Å². The van der Waals surface area contributed by atoms with Crippen molar-refractivity contribution in [2.24, 2.45) is 5.92 Å². The molecule has 0 amide bonds. The minimum absolute atomic E-state index is 0.363. The molecule has 0 bridgehead atoms. The van der Waals surface area contributed by atoms with Gasteiger partial charge in [-0.1, -0.05) is 6.92 Å². The summed E-state index contributed by atoms with van der Waals surface area (Å²) >= 11 is 4.15. The summed E-state index contributed by atoms with van der Waals surface area (Å²) < 4.78 is 10.4. The van der Waals surface area contributed by atoms with Crippen LogP contribution in [0.1, 0.15) is 6.92 Å². The first kappa shape index (κ1) is 8.37. The molecule has 1 atom stereocenters. The highest BCUT2D eigenvalue weighted by molar-refractivity contribution is 7.80. The molecule has 0 aromatic carbocycles. The second-order valence-corrected chi connectivity index (χ2v) is 3.15. The van der Waals surface area contributed by atoms with Crippen molar-refractivity contribution in [3.8, 4) is 0 Å². The average molecular weight is 162 g/mol. The molecule has 0 N–H and O–H groups in total. The minimum Gasteiger partial charge on any atom is -0.376 e. The molecular weight excluding hydrogens is 148 g/mol. The summed E-state index contributed by atoms with van der Waals surface area (Å²) in [6, 6.07) is 0. The van der Waals surface area contributed by atoms with Crippen LogP contribution in [0.25, 0.3) is 0 Å². The molecule has 1 aliphatic heterocycles. The van der Waals surface area contributed by atoms with Crippen molar-refractivity contribution in [3.05, 3.63) is 0 Å². The van der Waals surface area contributed by atoms with Gasteiger partial charge in [-0.3, -0.25) is 0 Å². The smallest absolute Gasteiger partial charge is 0.104 e. The predicted octanol–water partition coefficient (Wildman–Crippen LogP) is 0.968. The monoisotopic (exact) mass is 162 g/mol. The van der Waals surface area contributed by atoms with Crippen molar-refractivity contribution < 1.29 is 9.47 Å². The average Bonchev–Trinajstić information content (AvgIpc) is 1.84. The van der Waals surface area contributed by atoms with E-state index in [1.165, 1.54) is 0 Å². The van der Waals surface area contributed by atoms with Crippen LogP contribution >= 0.6 is 12.6 Å². The van der Waals surface area contributed by atoms with Crippen LogP contribution in [-0.2, 0) is 9.47 Å². The Kier molecular flexibility index (Phi) is 3.52. The lowest BCUT2D eigenvalue weighted by molar-refractivity contribution is -0.134. The topological polar surface area (TPSA) is 18.5 Å². The van der Waals surface area contributed by atoms with Crippen molar-refractivity contribution in [2.75, 3.05) is 25.6 Å². The van der Waals surface area contributed by atoms with Crippen molar-refractivity contribution in [2.45, 2.75) is 13.0 Å². The van der Waals surface area contributed by atoms with Gasteiger partial charge in [0.2, 0.25) is 0 Å². The molecule has 0 radical (unpaired) electrons. The van der Waals surface area contributed by atoms with Gasteiger partial charge in [-0.25, -0.2) is 0 Å². The van der Waals surface area contributed by atoms with Gasteiger partial charge >= 0.3 is 0 Å². The van der Waals surface area contributed by atoms with E-state index < -0.39 is 0 Å². The van der Waals surface area contributed by atoms with E-state index in [4.69, 9.17) is 9.47 Å². The van der Waals surface area contributed by atoms with Gasteiger partial charge in [-0.05, 0) is 11.7 Å². The quantitative estimate of drug-likeness (QED) is 0.621. The normalized spacial score (nSPS) is 22.2. The molecule has 0 saturated carbocycles. The largest absolute Gasteiger partial charge is 0.376 e. The first-order valence-corrected chi connectivity index (χ1v) is 4.26. The summed E-state index contributed by atoms with van der Waals surface area (Å²) in [6.45, 7) is 4.50. The predicted molar refractivity (Wildman–Crippen MR) is 43.6 cm³/mol. The Morgan fingerprint density at radius 3 is 2.80 bits per heavy atom. The van der Waals surface area contributed by atoms with Gasteiger partial charge in [0.05, 0.1) is 19.8 Å². The van der Waals surface area contributed by atoms with Crippen LogP contribution in [0.15, 0.2) is 0 Å². The Morgan fingerprint density at radius 1 is 1.70 bits per heavy atom. The lowest BCUT2D eigenvalue weighted by Crippen LogP contribution is -2.37. The third kappa shape index (κ3) is 2.48. The molecule has 1 rings (SSSR count). The van der Waals surface area contributed by atoms with E-state index in [0.29, 0.717) is 12.0 Å². The second-order valence-electron chi connectivity index (χ2n) is 2.78. The van der Waals surface area contributed by atoms with Gasteiger partial charge in [0.25, 0.3) is 0 Å². The molecule has 1 saturated heterocycles. The van der Waals surface area contributed by atoms with Crippen molar-refractivity contribution >= 4 is 12.6 Å². The lowest BCUT2D eigenvalue weighted by atomic mass is 10.2. The summed E-state index contributed by atoms with van der Waals surface area (Å²) in [5.74, 6) is 1.46. The first-order valence-electron chi connectivity index (χ1n) is 3.63. The van der Waals surface area contributed by atoms with Gasteiger partial charge in [-0.15, -0.1) is 0 Å². The molecule has 0 aliphatic carbocycles.